The van der Waals surface area contributed by atoms with Crippen molar-refractivity contribution in [3.05, 3.63) is 0 Å². The molecule has 134 valence electrons. The summed E-state index contributed by atoms with van der Waals surface area (Å²) in [6, 6.07) is -0.827. The van der Waals surface area contributed by atoms with Gasteiger partial charge < -0.3 is 20.3 Å². The lowest BCUT2D eigenvalue weighted by atomic mass is 9.96. The number of rotatable bonds is 6. The Morgan fingerprint density at radius 2 is 2.09 bits per heavy atom. The van der Waals surface area contributed by atoms with Crippen LogP contribution in [-0.4, -0.2) is 73.7 Å². The zero-order chi connectivity index (χ0) is 17.6. The number of likely N-dealkylation sites (tertiary alicyclic amines) is 1. The quantitative estimate of drug-likeness (QED) is 0.769. The van der Waals surface area contributed by atoms with E-state index in [1.54, 1.807) is 0 Å². The normalized spacial score (nSPS) is 20.3. The number of methoxy groups -OCH3 is 1. The molecule has 1 aliphatic rings. The fraction of sp³-hybridized carbons (Fsp3) is 0.857. The Bertz CT molecular complexity index is 418. The van der Waals surface area contributed by atoms with Crippen LogP contribution in [0.2, 0.25) is 0 Å². The van der Waals surface area contributed by atoms with Crippen LogP contribution in [0.5, 0.6) is 0 Å². The molecule has 0 aliphatic carbocycles. The van der Waals surface area contributed by atoms with E-state index in [4.69, 9.17) is 10.5 Å². The smallest absolute Gasteiger partial charge is 0.383 e. The topological polar surface area (TPSA) is 75.9 Å². The third-order valence-corrected chi connectivity index (χ3v) is 3.81. The van der Waals surface area contributed by atoms with Gasteiger partial charge in [0.25, 0.3) is 0 Å². The van der Waals surface area contributed by atoms with E-state index in [1.165, 1.54) is 18.9 Å². The predicted molar refractivity (Wildman–Crippen MR) is 77.5 cm³/mol. The summed E-state index contributed by atoms with van der Waals surface area (Å²) in [7, 11) is 1.42. The van der Waals surface area contributed by atoms with Crippen molar-refractivity contribution >= 4 is 11.8 Å². The summed E-state index contributed by atoms with van der Waals surface area (Å²) in [5.41, 5.74) is 5.69. The number of carbonyl (C=O) groups excluding carboxylic acids is 2. The molecule has 0 aromatic carbocycles. The van der Waals surface area contributed by atoms with Crippen LogP contribution in [0.25, 0.3) is 0 Å². The molecule has 0 bridgehead atoms. The standard InChI is InChI=1S/C14H24F3N3O3/c1-3-19(9-14(15,16)17)12(21)10-5-4-6-20(7-10)13(22)11(18)8-23-2/h10-11H,3-9,18H2,1-2H3. The number of piperidine rings is 1. The van der Waals surface area contributed by atoms with Gasteiger partial charge in [-0.05, 0) is 19.8 Å². The number of hydrogen-bond donors (Lipinski definition) is 1. The van der Waals surface area contributed by atoms with Gasteiger partial charge in [0.1, 0.15) is 12.6 Å². The summed E-state index contributed by atoms with van der Waals surface area (Å²) in [5, 5.41) is 0. The van der Waals surface area contributed by atoms with Crippen molar-refractivity contribution in [2.45, 2.75) is 32.0 Å². The van der Waals surface area contributed by atoms with Crippen LogP contribution < -0.4 is 5.73 Å². The van der Waals surface area contributed by atoms with Gasteiger partial charge in [-0.1, -0.05) is 0 Å². The highest BCUT2D eigenvalue weighted by Gasteiger charge is 2.37. The molecule has 0 radical (unpaired) electrons. The Hall–Kier alpha value is -1.35. The van der Waals surface area contributed by atoms with Gasteiger partial charge in [0.05, 0.1) is 12.5 Å². The number of halogens is 3. The van der Waals surface area contributed by atoms with E-state index in [0.717, 1.165) is 4.90 Å². The molecule has 2 amide bonds. The molecule has 1 aliphatic heterocycles. The maximum absolute atomic E-state index is 12.5. The highest BCUT2D eigenvalue weighted by Crippen LogP contribution is 2.22. The van der Waals surface area contributed by atoms with Gasteiger partial charge in [0, 0.05) is 26.7 Å². The van der Waals surface area contributed by atoms with E-state index in [2.05, 4.69) is 0 Å². The second-order valence-corrected chi connectivity index (χ2v) is 5.65. The minimum absolute atomic E-state index is 0.0218. The lowest BCUT2D eigenvalue weighted by Crippen LogP contribution is -2.52. The number of hydrogen-bond acceptors (Lipinski definition) is 4. The van der Waals surface area contributed by atoms with Gasteiger partial charge in [0.2, 0.25) is 11.8 Å². The maximum Gasteiger partial charge on any atom is 0.406 e. The number of ether oxygens (including phenoxy) is 1. The molecule has 2 N–H and O–H groups in total. The van der Waals surface area contributed by atoms with E-state index in [0.29, 0.717) is 19.4 Å². The van der Waals surface area contributed by atoms with Gasteiger partial charge in [-0.2, -0.15) is 13.2 Å². The first-order chi connectivity index (χ1) is 10.7. The predicted octanol–water partition coefficient (Wildman–Crippen LogP) is 0.610. The molecule has 0 spiro atoms. The monoisotopic (exact) mass is 339 g/mol. The fourth-order valence-corrected chi connectivity index (χ4v) is 2.68. The Morgan fingerprint density at radius 3 is 2.61 bits per heavy atom. The Labute approximate surface area is 133 Å². The van der Waals surface area contributed by atoms with Crippen molar-refractivity contribution in [1.82, 2.24) is 9.80 Å². The highest BCUT2D eigenvalue weighted by atomic mass is 19.4. The van der Waals surface area contributed by atoms with E-state index >= 15 is 0 Å². The molecule has 1 fully saturated rings. The van der Waals surface area contributed by atoms with Gasteiger partial charge in [0.15, 0.2) is 0 Å². The average molecular weight is 339 g/mol. The summed E-state index contributed by atoms with van der Waals surface area (Å²) >= 11 is 0. The first-order valence-electron chi connectivity index (χ1n) is 7.58. The van der Waals surface area contributed by atoms with Crippen molar-refractivity contribution in [1.29, 1.82) is 0 Å². The number of nitrogens with two attached hydrogens (primary N) is 1. The van der Waals surface area contributed by atoms with Crippen LogP contribution in [0, 0.1) is 5.92 Å². The molecule has 0 aromatic rings. The number of alkyl halides is 3. The molecule has 6 nitrogen and oxygen atoms in total. The lowest BCUT2D eigenvalue weighted by molar-refractivity contribution is -0.165. The SMILES string of the molecule is CCN(CC(F)(F)F)C(=O)C1CCCN(C(=O)C(N)COC)C1. The van der Waals surface area contributed by atoms with Crippen LogP contribution in [-0.2, 0) is 14.3 Å². The van der Waals surface area contributed by atoms with Gasteiger partial charge in [-0.25, -0.2) is 0 Å². The third kappa shape index (κ3) is 5.98. The summed E-state index contributed by atoms with van der Waals surface area (Å²) < 4.78 is 42.4. The first-order valence-corrected chi connectivity index (χ1v) is 7.58. The van der Waals surface area contributed by atoms with Crippen LogP contribution >= 0.6 is 0 Å². The number of carbonyl (C=O) groups is 2. The fourth-order valence-electron chi connectivity index (χ4n) is 2.68. The van der Waals surface area contributed by atoms with Gasteiger partial charge >= 0.3 is 6.18 Å². The van der Waals surface area contributed by atoms with Crippen molar-refractivity contribution < 1.29 is 27.5 Å². The van der Waals surface area contributed by atoms with Crippen LogP contribution in [0.1, 0.15) is 19.8 Å². The molecule has 0 aromatic heterocycles. The molecule has 1 heterocycles. The first kappa shape index (κ1) is 19.7. The summed E-state index contributed by atoms with van der Waals surface area (Å²) in [4.78, 5) is 26.7. The second kappa shape index (κ2) is 8.49. The Balaban J connectivity index is 2.69. The second-order valence-electron chi connectivity index (χ2n) is 5.65. The molecule has 2 atom stereocenters. The molecule has 23 heavy (non-hydrogen) atoms. The number of nitrogens with zero attached hydrogens (tertiary/aromatic N) is 2. The zero-order valence-electron chi connectivity index (χ0n) is 13.4. The Kier molecular flexibility index (Phi) is 7.27. The summed E-state index contributed by atoms with van der Waals surface area (Å²) in [6.07, 6.45) is -3.40. The lowest BCUT2D eigenvalue weighted by Gasteiger charge is -2.36. The molecule has 0 saturated carbocycles. The molecule has 9 heteroatoms. The van der Waals surface area contributed by atoms with E-state index in [1.807, 2.05) is 0 Å². The molecule has 1 saturated heterocycles. The van der Waals surface area contributed by atoms with E-state index in [-0.39, 0.29) is 25.6 Å². The molecule has 1 rings (SSSR count). The summed E-state index contributed by atoms with van der Waals surface area (Å²) in [5.74, 6) is -1.53. The van der Waals surface area contributed by atoms with Crippen molar-refractivity contribution in [2.75, 3.05) is 39.9 Å². The average Bonchev–Trinajstić information content (AvgIpc) is 2.50. The molecule has 2 unspecified atom stereocenters. The van der Waals surface area contributed by atoms with Crippen LogP contribution in [0.4, 0.5) is 13.2 Å². The molecular formula is C14H24F3N3O3. The van der Waals surface area contributed by atoms with Crippen LogP contribution in [0.15, 0.2) is 0 Å². The Morgan fingerprint density at radius 1 is 1.43 bits per heavy atom. The van der Waals surface area contributed by atoms with Crippen molar-refractivity contribution in [2.24, 2.45) is 11.7 Å². The minimum atomic E-state index is -4.43. The van der Waals surface area contributed by atoms with Gasteiger partial charge in [-0.15, -0.1) is 0 Å². The maximum atomic E-state index is 12.5. The zero-order valence-corrected chi connectivity index (χ0v) is 13.4. The third-order valence-electron chi connectivity index (χ3n) is 3.81. The van der Waals surface area contributed by atoms with Gasteiger partial charge in [-0.3, -0.25) is 9.59 Å². The largest absolute Gasteiger partial charge is 0.406 e. The highest BCUT2D eigenvalue weighted by molar-refractivity contribution is 5.84. The minimum Gasteiger partial charge on any atom is -0.383 e. The van der Waals surface area contributed by atoms with Crippen LogP contribution in [0.3, 0.4) is 0 Å². The van der Waals surface area contributed by atoms with Crippen molar-refractivity contribution in [3.63, 3.8) is 0 Å². The summed E-state index contributed by atoms with van der Waals surface area (Å²) in [6.45, 7) is 0.823. The van der Waals surface area contributed by atoms with E-state index < -0.39 is 30.6 Å². The van der Waals surface area contributed by atoms with E-state index in [9.17, 15) is 22.8 Å². The van der Waals surface area contributed by atoms with Crippen molar-refractivity contribution in [3.8, 4) is 0 Å². The number of amides is 2. The molecular weight excluding hydrogens is 315 g/mol.